The van der Waals surface area contributed by atoms with E-state index in [1.807, 2.05) is 43.3 Å². The van der Waals surface area contributed by atoms with E-state index in [4.69, 9.17) is 13.9 Å². The quantitative estimate of drug-likeness (QED) is 0.432. The fraction of sp³-hybridized carbons (Fsp3) is 0.130. The highest BCUT2D eigenvalue weighted by atomic mass is 16.5. The van der Waals surface area contributed by atoms with Crippen molar-refractivity contribution in [1.82, 2.24) is 4.98 Å². The molecule has 0 aliphatic rings. The summed E-state index contributed by atoms with van der Waals surface area (Å²) >= 11 is 0. The average Bonchev–Trinajstić information content (AvgIpc) is 3.11. The number of rotatable bonds is 8. The first-order valence-corrected chi connectivity index (χ1v) is 8.95. The van der Waals surface area contributed by atoms with Gasteiger partial charge < -0.3 is 23.8 Å². The molecule has 0 radical (unpaired) electrons. The minimum absolute atomic E-state index is 0.238. The smallest absolute Gasteiger partial charge is 0.226 e. The first kappa shape index (κ1) is 19.9. The normalized spacial score (nSPS) is 11.2. The first-order valence-electron chi connectivity index (χ1n) is 8.95. The molecule has 148 valence electrons. The van der Waals surface area contributed by atoms with Gasteiger partial charge >= 0.3 is 0 Å². The van der Waals surface area contributed by atoms with E-state index in [-0.39, 0.29) is 6.61 Å². The second-order valence-electron chi connectivity index (χ2n) is 6.12. The number of methoxy groups -OCH3 is 1. The number of carbonyl (C=O) groups excluding carboxylic acids is 1. The molecule has 0 atom stereocenters. The number of aromatic nitrogens is 1. The number of hydrogen-bond donors (Lipinski definition) is 0. The Morgan fingerprint density at radius 2 is 1.93 bits per heavy atom. The molecule has 0 fully saturated rings. The molecule has 0 saturated carbocycles. The van der Waals surface area contributed by atoms with Crippen molar-refractivity contribution in [1.29, 1.82) is 0 Å². The minimum atomic E-state index is -1.24. The van der Waals surface area contributed by atoms with Gasteiger partial charge in [0.2, 0.25) is 5.89 Å². The molecule has 2 aromatic carbocycles. The van der Waals surface area contributed by atoms with E-state index < -0.39 is 5.97 Å². The van der Waals surface area contributed by atoms with E-state index in [0.717, 1.165) is 17.2 Å². The van der Waals surface area contributed by atoms with Gasteiger partial charge in [0.25, 0.3) is 0 Å². The number of oxazole rings is 1. The maximum Gasteiger partial charge on any atom is 0.226 e. The Labute approximate surface area is 168 Å². The SMILES string of the molecule is COc1cc(/C=C/C=C/C(=O)[O-])ccc1OCc1nc(-c2ccccc2)oc1C. The lowest BCUT2D eigenvalue weighted by atomic mass is 10.2. The van der Waals surface area contributed by atoms with Gasteiger partial charge in [-0.15, -0.1) is 0 Å². The van der Waals surface area contributed by atoms with E-state index in [1.54, 1.807) is 31.4 Å². The largest absolute Gasteiger partial charge is 0.545 e. The highest BCUT2D eigenvalue weighted by Gasteiger charge is 2.13. The zero-order chi connectivity index (χ0) is 20.6. The second-order valence-corrected chi connectivity index (χ2v) is 6.12. The van der Waals surface area contributed by atoms with E-state index in [9.17, 15) is 9.90 Å². The zero-order valence-electron chi connectivity index (χ0n) is 16.1. The van der Waals surface area contributed by atoms with Gasteiger partial charge in [0.15, 0.2) is 11.5 Å². The Hall–Kier alpha value is -3.80. The van der Waals surface area contributed by atoms with Crippen molar-refractivity contribution in [2.75, 3.05) is 7.11 Å². The molecule has 0 N–H and O–H groups in total. The van der Waals surface area contributed by atoms with Crippen LogP contribution in [0.2, 0.25) is 0 Å². The third-order valence-corrected chi connectivity index (χ3v) is 4.10. The number of allylic oxidation sites excluding steroid dienone is 2. The molecule has 6 heteroatoms. The Balaban J connectivity index is 1.71. The van der Waals surface area contributed by atoms with E-state index >= 15 is 0 Å². The van der Waals surface area contributed by atoms with Gasteiger partial charge in [-0.25, -0.2) is 4.98 Å². The van der Waals surface area contributed by atoms with Crippen LogP contribution in [0.5, 0.6) is 11.5 Å². The summed E-state index contributed by atoms with van der Waals surface area (Å²) in [6.07, 6.45) is 5.70. The summed E-state index contributed by atoms with van der Waals surface area (Å²) in [5, 5.41) is 10.4. The summed E-state index contributed by atoms with van der Waals surface area (Å²) in [4.78, 5) is 14.9. The number of carboxylic acid groups (broad SMARTS) is 1. The molecule has 0 unspecified atom stereocenters. The van der Waals surface area contributed by atoms with Gasteiger partial charge in [0.05, 0.1) is 13.1 Å². The van der Waals surface area contributed by atoms with E-state index in [0.29, 0.717) is 28.8 Å². The molecule has 1 heterocycles. The van der Waals surface area contributed by atoms with Crippen LogP contribution in [0, 0.1) is 6.92 Å². The van der Waals surface area contributed by atoms with Crippen LogP contribution in [0.1, 0.15) is 17.0 Å². The van der Waals surface area contributed by atoms with Crippen molar-refractivity contribution in [3.05, 3.63) is 83.8 Å². The van der Waals surface area contributed by atoms with Crippen molar-refractivity contribution < 1.29 is 23.8 Å². The van der Waals surface area contributed by atoms with Crippen molar-refractivity contribution in [2.45, 2.75) is 13.5 Å². The minimum Gasteiger partial charge on any atom is -0.545 e. The van der Waals surface area contributed by atoms with Crippen LogP contribution in [0.25, 0.3) is 17.5 Å². The van der Waals surface area contributed by atoms with Crippen LogP contribution >= 0.6 is 0 Å². The standard InChI is InChI=1S/C23H21NO5/c1-16-19(24-23(29-16)18-9-4-3-5-10-18)15-28-20-13-12-17(14-21(20)27-2)8-6-7-11-22(25)26/h3-14H,15H2,1-2H3,(H,25,26)/p-1/b8-6+,11-7+. The predicted octanol–water partition coefficient (Wildman–Crippen LogP) is 3.56. The zero-order valence-corrected chi connectivity index (χ0v) is 16.1. The van der Waals surface area contributed by atoms with Crippen LogP contribution in [0.4, 0.5) is 0 Å². The van der Waals surface area contributed by atoms with Crippen molar-refractivity contribution >= 4 is 12.0 Å². The first-order chi connectivity index (χ1) is 14.1. The monoisotopic (exact) mass is 390 g/mol. The van der Waals surface area contributed by atoms with Gasteiger partial charge in [-0.2, -0.15) is 0 Å². The molecule has 0 bridgehead atoms. The summed E-state index contributed by atoms with van der Waals surface area (Å²) in [5.74, 6) is 1.13. The Bertz CT molecular complexity index is 1030. The highest BCUT2D eigenvalue weighted by molar-refractivity contribution is 5.78. The van der Waals surface area contributed by atoms with Crippen LogP contribution < -0.4 is 14.6 Å². The van der Waals surface area contributed by atoms with Gasteiger partial charge in [0, 0.05) is 5.56 Å². The molecule has 0 amide bonds. The van der Waals surface area contributed by atoms with Crippen LogP contribution in [-0.2, 0) is 11.4 Å². The van der Waals surface area contributed by atoms with Crippen LogP contribution in [0.3, 0.4) is 0 Å². The number of aryl methyl sites for hydroxylation is 1. The summed E-state index contributed by atoms with van der Waals surface area (Å²) in [6, 6.07) is 15.1. The third kappa shape index (κ3) is 5.35. The molecular formula is C23H20NO5-. The van der Waals surface area contributed by atoms with E-state index in [2.05, 4.69) is 4.98 Å². The maximum atomic E-state index is 10.4. The summed E-state index contributed by atoms with van der Waals surface area (Å²) < 4.78 is 17.0. The Kier molecular flexibility index (Phi) is 6.47. The Morgan fingerprint density at radius 1 is 1.14 bits per heavy atom. The van der Waals surface area contributed by atoms with Crippen molar-refractivity contribution in [3.63, 3.8) is 0 Å². The number of hydrogen-bond acceptors (Lipinski definition) is 6. The molecule has 0 saturated heterocycles. The van der Waals surface area contributed by atoms with Crippen LogP contribution in [0.15, 0.2) is 71.2 Å². The highest BCUT2D eigenvalue weighted by Crippen LogP contribution is 2.30. The van der Waals surface area contributed by atoms with Gasteiger partial charge in [0.1, 0.15) is 18.1 Å². The molecule has 1 aromatic heterocycles. The summed E-state index contributed by atoms with van der Waals surface area (Å²) in [6.45, 7) is 2.09. The number of aliphatic carboxylic acids is 1. The second kappa shape index (κ2) is 9.41. The summed E-state index contributed by atoms with van der Waals surface area (Å²) in [7, 11) is 1.56. The molecule has 3 rings (SSSR count). The molecule has 3 aromatic rings. The summed E-state index contributed by atoms with van der Waals surface area (Å²) in [5.41, 5.74) is 2.45. The molecule has 0 spiro atoms. The number of ether oxygens (including phenoxy) is 2. The molecule has 0 aliphatic carbocycles. The van der Waals surface area contributed by atoms with Gasteiger partial charge in [-0.1, -0.05) is 42.5 Å². The average molecular weight is 390 g/mol. The fourth-order valence-electron chi connectivity index (χ4n) is 2.62. The lowest BCUT2D eigenvalue weighted by Gasteiger charge is -2.10. The van der Waals surface area contributed by atoms with Gasteiger partial charge in [-0.3, -0.25) is 0 Å². The molecular weight excluding hydrogens is 370 g/mol. The molecule has 0 aliphatic heterocycles. The number of benzene rings is 2. The number of carbonyl (C=O) groups is 1. The topological polar surface area (TPSA) is 84.6 Å². The molecule has 29 heavy (non-hydrogen) atoms. The maximum absolute atomic E-state index is 10.4. The van der Waals surface area contributed by atoms with E-state index in [1.165, 1.54) is 6.08 Å². The lowest BCUT2D eigenvalue weighted by Crippen LogP contribution is -2.18. The Morgan fingerprint density at radius 3 is 2.66 bits per heavy atom. The molecule has 6 nitrogen and oxygen atoms in total. The van der Waals surface area contributed by atoms with Crippen LogP contribution in [-0.4, -0.2) is 18.1 Å². The lowest BCUT2D eigenvalue weighted by molar-refractivity contribution is -0.297. The number of nitrogens with zero attached hydrogens (tertiary/aromatic N) is 1. The van der Waals surface area contributed by atoms with Crippen molar-refractivity contribution in [2.24, 2.45) is 0 Å². The van der Waals surface area contributed by atoms with Crippen molar-refractivity contribution in [3.8, 4) is 23.0 Å². The van der Waals surface area contributed by atoms with Gasteiger partial charge in [-0.05, 0) is 42.8 Å². The fourth-order valence-corrected chi connectivity index (χ4v) is 2.62. The third-order valence-electron chi connectivity index (χ3n) is 4.10. The predicted molar refractivity (Wildman–Crippen MR) is 107 cm³/mol. The number of carboxylic acids is 1.